The molecule has 1 unspecified atom stereocenters. The van der Waals surface area contributed by atoms with E-state index < -0.39 is 6.17 Å². The van der Waals surface area contributed by atoms with Crippen molar-refractivity contribution >= 4 is 16.5 Å². The SMILES string of the molecule is Cc1c(C2=CCC(F)C=C2)n(Cc2ccc(OCCN3CC(CF)C3)cc2)c2ccc(CCc3ccccc3)cc12. The van der Waals surface area contributed by atoms with Crippen molar-refractivity contribution < 1.29 is 13.5 Å². The molecule has 41 heavy (non-hydrogen) atoms. The van der Waals surface area contributed by atoms with Crippen molar-refractivity contribution in [3.8, 4) is 5.75 Å². The van der Waals surface area contributed by atoms with Crippen LogP contribution in [0.3, 0.4) is 0 Å². The standard InChI is InChI=1S/C36H38F2N2O/c1-26-34-21-28(8-7-27-5-3-2-4-6-27)11-18-35(34)40(36(26)31-12-14-32(38)15-13-31)25-29-9-16-33(17-10-29)41-20-19-39-23-30(22-37)24-39/h2-6,9-14,16-18,21,30,32H,7-8,15,19-20,22-25H2,1H3. The Bertz CT molecular complexity index is 1530. The number of rotatable bonds is 11. The number of halogens is 2. The molecule has 3 aromatic carbocycles. The minimum absolute atomic E-state index is 0.201. The predicted molar refractivity (Wildman–Crippen MR) is 164 cm³/mol. The van der Waals surface area contributed by atoms with Crippen molar-refractivity contribution in [3.63, 3.8) is 0 Å². The zero-order valence-corrected chi connectivity index (χ0v) is 23.7. The molecular weight excluding hydrogens is 514 g/mol. The van der Waals surface area contributed by atoms with Gasteiger partial charge < -0.3 is 9.30 Å². The van der Waals surface area contributed by atoms with Gasteiger partial charge in [-0.15, -0.1) is 0 Å². The molecule has 6 rings (SSSR count). The Hall–Kier alpha value is -3.70. The summed E-state index contributed by atoms with van der Waals surface area (Å²) in [6.45, 7) is 5.77. The molecule has 1 atom stereocenters. The average Bonchev–Trinajstić information content (AvgIpc) is 3.25. The van der Waals surface area contributed by atoms with Gasteiger partial charge in [-0.05, 0) is 77.9 Å². The van der Waals surface area contributed by atoms with E-state index in [9.17, 15) is 8.78 Å². The van der Waals surface area contributed by atoms with Crippen molar-refractivity contribution in [1.82, 2.24) is 9.47 Å². The number of likely N-dealkylation sites (tertiary alicyclic amines) is 1. The van der Waals surface area contributed by atoms with E-state index in [4.69, 9.17) is 4.74 Å². The van der Waals surface area contributed by atoms with Crippen molar-refractivity contribution in [1.29, 1.82) is 0 Å². The first-order valence-electron chi connectivity index (χ1n) is 14.8. The third kappa shape index (κ3) is 6.31. The van der Waals surface area contributed by atoms with Gasteiger partial charge in [0.1, 0.15) is 18.5 Å². The molecule has 0 spiro atoms. The molecule has 0 N–H and O–H groups in total. The Balaban J connectivity index is 1.22. The molecule has 4 aromatic rings. The van der Waals surface area contributed by atoms with Crippen LogP contribution in [0, 0.1) is 12.8 Å². The summed E-state index contributed by atoms with van der Waals surface area (Å²) < 4.78 is 35.0. The van der Waals surface area contributed by atoms with Gasteiger partial charge in [-0.1, -0.05) is 60.7 Å². The first-order valence-corrected chi connectivity index (χ1v) is 14.8. The largest absolute Gasteiger partial charge is 0.492 e. The average molecular weight is 553 g/mol. The van der Waals surface area contributed by atoms with E-state index in [2.05, 4.69) is 77.1 Å². The van der Waals surface area contributed by atoms with E-state index in [1.165, 1.54) is 33.2 Å². The summed E-state index contributed by atoms with van der Waals surface area (Å²) in [5.74, 6) is 1.05. The fourth-order valence-electron chi connectivity index (χ4n) is 6.09. The highest BCUT2D eigenvalue weighted by molar-refractivity contribution is 5.92. The Morgan fingerprint density at radius 3 is 2.39 bits per heavy atom. The molecule has 1 aliphatic carbocycles. The van der Waals surface area contributed by atoms with E-state index in [0.29, 0.717) is 19.6 Å². The molecule has 3 nitrogen and oxygen atoms in total. The number of nitrogens with zero attached hydrogens (tertiary/aromatic N) is 2. The lowest BCUT2D eigenvalue weighted by atomic mass is 9.99. The smallest absolute Gasteiger partial charge is 0.122 e. The molecule has 2 heterocycles. The molecule has 0 amide bonds. The number of fused-ring (bicyclic) bond motifs is 1. The number of aromatic nitrogens is 1. The summed E-state index contributed by atoms with van der Waals surface area (Å²) in [6, 6.07) is 25.8. The second-order valence-electron chi connectivity index (χ2n) is 11.4. The molecule has 0 saturated carbocycles. The second-order valence-corrected chi connectivity index (χ2v) is 11.4. The highest BCUT2D eigenvalue weighted by Crippen LogP contribution is 2.35. The van der Waals surface area contributed by atoms with Crippen LogP contribution in [-0.2, 0) is 19.4 Å². The van der Waals surface area contributed by atoms with Crippen LogP contribution in [0.4, 0.5) is 8.78 Å². The first kappa shape index (κ1) is 27.5. The summed E-state index contributed by atoms with van der Waals surface area (Å²) in [5.41, 5.74) is 8.52. The third-order valence-corrected chi connectivity index (χ3v) is 8.44. The topological polar surface area (TPSA) is 17.4 Å². The second kappa shape index (κ2) is 12.4. The number of hydrogen-bond acceptors (Lipinski definition) is 2. The van der Waals surface area contributed by atoms with Crippen LogP contribution in [0.1, 0.15) is 34.4 Å². The molecule has 1 fully saturated rings. The van der Waals surface area contributed by atoms with Gasteiger partial charge in [0, 0.05) is 49.4 Å². The maximum absolute atomic E-state index is 14.0. The number of alkyl halides is 2. The lowest BCUT2D eigenvalue weighted by molar-refractivity contribution is 0.0668. The zero-order valence-electron chi connectivity index (χ0n) is 23.7. The molecule has 0 radical (unpaired) electrons. The first-order chi connectivity index (χ1) is 20.1. The van der Waals surface area contributed by atoms with Gasteiger partial charge in [-0.3, -0.25) is 9.29 Å². The summed E-state index contributed by atoms with van der Waals surface area (Å²) in [5, 5.41) is 1.25. The van der Waals surface area contributed by atoms with Crippen molar-refractivity contribution in [2.75, 3.05) is 32.9 Å². The van der Waals surface area contributed by atoms with Gasteiger partial charge in [0.2, 0.25) is 0 Å². The van der Waals surface area contributed by atoms with Gasteiger partial charge in [0.25, 0.3) is 0 Å². The lowest BCUT2D eigenvalue weighted by Gasteiger charge is -2.37. The summed E-state index contributed by atoms with van der Waals surface area (Å²) in [6.07, 6.45) is 7.13. The number of aryl methyl sites for hydroxylation is 3. The fraction of sp³-hybridized carbons (Fsp3) is 0.333. The third-order valence-electron chi connectivity index (χ3n) is 8.44. The van der Waals surface area contributed by atoms with E-state index in [1.54, 1.807) is 6.08 Å². The summed E-state index contributed by atoms with van der Waals surface area (Å²) in [7, 11) is 0. The van der Waals surface area contributed by atoms with Crippen LogP contribution in [0.25, 0.3) is 16.5 Å². The number of allylic oxidation sites excluding steroid dienone is 4. The van der Waals surface area contributed by atoms with E-state index in [1.807, 2.05) is 24.3 Å². The Labute approximate surface area is 241 Å². The van der Waals surface area contributed by atoms with Crippen LogP contribution in [0.5, 0.6) is 5.75 Å². The highest BCUT2D eigenvalue weighted by Gasteiger charge is 2.26. The Morgan fingerprint density at radius 2 is 1.66 bits per heavy atom. The van der Waals surface area contributed by atoms with Crippen LogP contribution in [0.2, 0.25) is 0 Å². The lowest BCUT2D eigenvalue weighted by Crippen LogP contribution is -2.49. The van der Waals surface area contributed by atoms with Crippen molar-refractivity contribution in [3.05, 3.63) is 119 Å². The minimum Gasteiger partial charge on any atom is -0.492 e. The predicted octanol–water partition coefficient (Wildman–Crippen LogP) is 7.74. The van der Waals surface area contributed by atoms with Crippen molar-refractivity contribution in [2.45, 2.75) is 38.9 Å². The van der Waals surface area contributed by atoms with Gasteiger partial charge in [-0.25, -0.2) is 4.39 Å². The normalized spacial score (nSPS) is 17.5. The Morgan fingerprint density at radius 1 is 0.902 bits per heavy atom. The maximum Gasteiger partial charge on any atom is 0.122 e. The van der Waals surface area contributed by atoms with Crippen LogP contribution < -0.4 is 4.74 Å². The van der Waals surface area contributed by atoms with E-state index in [-0.39, 0.29) is 12.6 Å². The van der Waals surface area contributed by atoms with Gasteiger partial charge >= 0.3 is 0 Å². The van der Waals surface area contributed by atoms with Crippen LogP contribution >= 0.6 is 0 Å². The number of benzene rings is 3. The van der Waals surface area contributed by atoms with E-state index >= 15 is 0 Å². The molecule has 0 bridgehead atoms. The van der Waals surface area contributed by atoms with Crippen LogP contribution in [-0.4, -0.2) is 48.6 Å². The van der Waals surface area contributed by atoms with Gasteiger partial charge in [-0.2, -0.15) is 0 Å². The Kier molecular flexibility index (Phi) is 8.33. The minimum atomic E-state index is -0.916. The molecule has 1 aliphatic heterocycles. The van der Waals surface area contributed by atoms with Gasteiger partial charge in [0.15, 0.2) is 0 Å². The number of hydrogen-bond donors (Lipinski definition) is 0. The van der Waals surface area contributed by atoms with Gasteiger partial charge in [0.05, 0.1) is 12.4 Å². The van der Waals surface area contributed by atoms with Crippen molar-refractivity contribution in [2.24, 2.45) is 5.92 Å². The quantitative estimate of drug-likeness (QED) is 0.189. The molecule has 5 heteroatoms. The molecular formula is C36H38F2N2O. The molecule has 1 aromatic heterocycles. The number of ether oxygens (including phenoxy) is 1. The molecule has 1 saturated heterocycles. The highest BCUT2D eigenvalue weighted by atomic mass is 19.1. The van der Waals surface area contributed by atoms with Crippen LogP contribution in [0.15, 0.2) is 91.0 Å². The summed E-state index contributed by atoms with van der Waals surface area (Å²) in [4.78, 5) is 2.23. The maximum atomic E-state index is 14.0. The molecule has 2 aliphatic rings. The monoisotopic (exact) mass is 552 g/mol. The zero-order chi connectivity index (χ0) is 28.2. The summed E-state index contributed by atoms with van der Waals surface area (Å²) >= 11 is 0. The fourth-order valence-corrected chi connectivity index (χ4v) is 6.09. The van der Waals surface area contributed by atoms with E-state index in [0.717, 1.165) is 49.5 Å². The molecule has 212 valence electrons.